The molecule has 1 aromatic heterocycles. The molecule has 5 fully saturated rings. The number of ether oxygens (including phenoxy) is 1. The number of halogens is 2. The fourth-order valence-corrected chi connectivity index (χ4v) is 8.27. The van der Waals surface area contributed by atoms with Crippen LogP contribution < -0.4 is 20.3 Å². The highest BCUT2D eigenvalue weighted by Gasteiger charge is 2.48. The number of rotatable bonds is 7. The zero-order valence-corrected chi connectivity index (χ0v) is 25.5. The van der Waals surface area contributed by atoms with Gasteiger partial charge in [-0.1, -0.05) is 18.1 Å². The summed E-state index contributed by atoms with van der Waals surface area (Å²) in [6.45, 7) is 6.32. The predicted octanol–water partition coefficient (Wildman–Crippen LogP) is 4.42. The molecule has 3 N–H and O–H groups in total. The first-order chi connectivity index (χ1) is 22.4. The van der Waals surface area contributed by atoms with Crippen LogP contribution in [0.1, 0.15) is 31.2 Å². The lowest BCUT2D eigenvalue weighted by Crippen LogP contribution is -2.51. The molecule has 0 amide bonds. The molecule has 4 saturated heterocycles. The van der Waals surface area contributed by atoms with Crippen molar-refractivity contribution in [1.29, 1.82) is 0 Å². The van der Waals surface area contributed by atoms with Crippen LogP contribution in [0, 0.1) is 35.3 Å². The number of benzene rings is 3. The summed E-state index contributed by atoms with van der Waals surface area (Å²) in [5, 5.41) is 19.2. The Bertz CT molecular complexity index is 1920. The van der Waals surface area contributed by atoms with E-state index in [2.05, 4.69) is 31.3 Å². The number of hydrogen-bond acceptors (Lipinski definition) is 8. The molecule has 4 unspecified atom stereocenters. The van der Waals surface area contributed by atoms with Crippen molar-refractivity contribution in [3.05, 3.63) is 53.6 Å². The second-order valence-electron chi connectivity index (χ2n) is 14.1. The van der Waals surface area contributed by atoms with Gasteiger partial charge in [0.15, 0.2) is 5.82 Å². The maximum Gasteiger partial charge on any atom is 0.319 e. The smallest absolute Gasteiger partial charge is 0.319 e. The van der Waals surface area contributed by atoms with E-state index in [1.807, 2.05) is 6.07 Å². The van der Waals surface area contributed by atoms with Gasteiger partial charge in [0.1, 0.15) is 22.9 Å². The average molecular weight is 623 g/mol. The van der Waals surface area contributed by atoms with Crippen molar-refractivity contribution in [3.8, 4) is 35.2 Å². The van der Waals surface area contributed by atoms with Crippen molar-refractivity contribution in [1.82, 2.24) is 25.5 Å². The van der Waals surface area contributed by atoms with Crippen LogP contribution in [-0.4, -0.2) is 84.0 Å². The molecule has 0 radical (unpaired) electrons. The van der Waals surface area contributed by atoms with Gasteiger partial charge in [0, 0.05) is 85.1 Å². The lowest BCUT2D eigenvalue weighted by Gasteiger charge is -2.34. The van der Waals surface area contributed by atoms with Crippen LogP contribution >= 0.6 is 0 Å². The van der Waals surface area contributed by atoms with Gasteiger partial charge in [-0.25, -0.2) is 8.78 Å². The van der Waals surface area contributed by atoms with E-state index >= 15 is 4.39 Å². The first kappa shape index (κ1) is 28.2. The van der Waals surface area contributed by atoms with Gasteiger partial charge in [-0.3, -0.25) is 0 Å². The van der Waals surface area contributed by atoms with Gasteiger partial charge in [0.25, 0.3) is 0 Å². The van der Waals surface area contributed by atoms with Crippen molar-refractivity contribution in [2.45, 2.75) is 43.8 Å². The van der Waals surface area contributed by atoms with Gasteiger partial charge in [-0.2, -0.15) is 9.97 Å². The molecule has 4 aromatic rings. The number of nitrogens with one attached hydrogen (secondary N) is 2. The molecule has 0 spiro atoms. The summed E-state index contributed by atoms with van der Waals surface area (Å²) < 4.78 is 38.1. The number of nitrogens with zero attached hydrogens (tertiary/aromatic N) is 4. The van der Waals surface area contributed by atoms with E-state index < -0.39 is 11.6 Å². The van der Waals surface area contributed by atoms with Gasteiger partial charge in [-0.05, 0) is 60.9 Å². The Morgan fingerprint density at radius 1 is 1.02 bits per heavy atom. The molecule has 8 nitrogen and oxygen atoms in total. The van der Waals surface area contributed by atoms with Crippen LogP contribution in [0.3, 0.4) is 0 Å². The molecule has 46 heavy (non-hydrogen) atoms. The molecule has 4 aliphatic heterocycles. The number of likely N-dealkylation sites (tertiary alicyclic amines) is 1. The maximum atomic E-state index is 16.9. The third-order valence-electron chi connectivity index (χ3n) is 11.0. The third kappa shape index (κ3) is 4.67. The van der Waals surface area contributed by atoms with Crippen LogP contribution in [0.2, 0.25) is 0 Å². The molecule has 1 aliphatic carbocycles. The third-order valence-corrected chi connectivity index (χ3v) is 11.0. The first-order valence-electron chi connectivity index (χ1n) is 16.4. The van der Waals surface area contributed by atoms with E-state index in [1.165, 1.54) is 24.3 Å². The predicted molar refractivity (Wildman–Crippen MR) is 173 cm³/mol. The second kappa shape index (κ2) is 10.5. The summed E-state index contributed by atoms with van der Waals surface area (Å²) in [4.78, 5) is 14.4. The van der Waals surface area contributed by atoms with E-state index in [0.717, 1.165) is 70.9 Å². The second-order valence-corrected chi connectivity index (χ2v) is 14.1. The van der Waals surface area contributed by atoms with Crippen LogP contribution in [0.25, 0.3) is 32.8 Å². The first-order valence-corrected chi connectivity index (χ1v) is 16.4. The topological polar surface area (TPSA) is 85.8 Å². The van der Waals surface area contributed by atoms with Gasteiger partial charge in [0.05, 0.1) is 12.2 Å². The SMILES string of the molecule is C#Cc1c(F)ccc2cc(O)cc(-c3ccc4c(N5CC6CCC(C5)N6)nc(OCC5(CN6CC7CNC7C6)CC5)nc4c3F)c12. The molecule has 3 aromatic carbocycles. The molecular weight excluding hydrogens is 586 g/mol. The highest BCUT2D eigenvalue weighted by molar-refractivity contribution is 6.04. The lowest BCUT2D eigenvalue weighted by atomic mass is 9.93. The molecule has 2 bridgehead atoms. The zero-order valence-electron chi connectivity index (χ0n) is 25.5. The Kier molecular flexibility index (Phi) is 6.43. The van der Waals surface area contributed by atoms with Gasteiger partial charge in [0.2, 0.25) is 0 Å². The molecule has 10 heteroatoms. The van der Waals surface area contributed by atoms with Gasteiger partial charge >= 0.3 is 6.01 Å². The fourth-order valence-electron chi connectivity index (χ4n) is 8.27. The number of aromatic hydroxyl groups is 1. The van der Waals surface area contributed by atoms with Crippen molar-refractivity contribution in [2.75, 3.05) is 50.8 Å². The van der Waals surface area contributed by atoms with Gasteiger partial charge in [-0.15, -0.1) is 6.42 Å². The largest absolute Gasteiger partial charge is 0.508 e. The summed E-state index contributed by atoms with van der Waals surface area (Å²) in [6.07, 6.45) is 10.1. The van der Waals surface area contributed by atoms with Crippen LogP contribution in [0.15, 0.2) is 36.4 Å². The quantitative estimate of drug-likeness (QED) is 0.262. The van der Waals surface area contributed by atoms with Crippen molar-refractivity contribution >= 4 is 27.5 Å². The average Bonchev–Trinajstić information content (AvgIpc) is 3.65. The van der Waals surface area contributed by atoms with E-state index in [4.69, 9.17) is 16.1 Å². The molecule has 4 atom stereocenters. The number of terminal acetylenes is 1. The number of hydrogen-bond donors (Lipinski definition) is 3. The molecule has 5 heterocycles. The highest BCUT2D eigenvalue weighted by atomic mass is 19.1. The summed E-state index contributed by atoms with van der Waals surface area (Å²) in [6, 6.07) is 10.7. The summed E-state index contributed by atoms with van der Waals surface area (Å²) in [5.41, 5.74) is 0.684. The molecule has 5 aliphatic rings. The summed E-state index contributed by atoms with van der Waals surface area (Å²) in [7, 11) is 0. The maximum absolute atomic E-state index is 16.9. The molecule has 9 rings (SSSR count). The van der Waals surface area contributed by atoms with Crippen molar-refractivity contribution in [3.63, 3.8) is 0 Å². The van der Waals surface area contributed by atoms with E-state index in [0.29, 0.717) is 52.3 Å². The monoisotopic (exact) mass is 622 g/mol. The normalized spacial score (nSPS) is 26.2. The molecule has 1 saturated carbocycles. The Morgan fingerprint density at radius 2 is 1.85 bits per heavy atom. The number of anilines is 1. The van der Waals surface area contributed by atoms with Crippen molar-refractivity contribution < 1.29 is 18.6 Å². The number of fused-ring (bicyclic) bond motifs is 5. The molecule has 236 valence electrons. The number of phenolic OH excluding ortho intramolecular Hbond substituents is 1. The Hall–Kier alpha value is -4.04. The van der Waals surface area contributed by atoms with Crippen LogP contribution in [-0.2, 0) is 0 Å². The van der Waals surface area contributed by atoms with E-state index in [-0.39, 0.29) is 33.8 Å². The summed E-state index contributed by atoms with van der Waals surface area (Å²) >= 11 is 0. The van der Waals surface area contributed by atoms with E-state index in [9.17, 15) is 9.50 Å². The standard InChI is InChI=1S/C36H36F2N6O2/c1-2-25-29(37)8-3-20-11-24(45)12-28(31(20)25)26-6-7-27-33(32(26)38)41-35(42-34(27)44-15-22-4-5-23(16-44)40-22)46-19-36(9-10-36)18-43-14-21-13-39-30(21)17-43/h1,3,6-8,11-12,21-23,30,39-40,45H,4-5,9-10,13-19H2. The minimum absolute atomic E-state index is 0.0206. The van der Waals surface area contributed by atoms with Gasteiger partial charge < -0.3 is 30.3 Å². The van der Waals surface area contributed by atoms with Crippen molar-refractivity contribution in [2.24, 2.45) is 11.3 Å². The summed E-state index contributed by atoms with van der Waals surface area (Å²) in [5.74, 6) is 2.60. The lowest BCUT2D eigenvalue weighted by molar-refractivity contribution is 0.169. The van der Waals surface area contributed by atoms with Crippen LogP contribution in [0.4, 0.5) is 14.6 Å². The zero-order chi connectivity index (χ0) is 31.2. The minimum atomic E-state index is -0.593. The number of piperazine rings is 1. The number of phenols is 1. The van der Waals surface area contributed by atoms with E-state index in [1.54, 1.807) is 6.07 Å². The minimum Gasteiger partial charge on any atom is -0.508 e. The Morgan fingerprint density at radius 3 is 2.54 bits per heavy atom. The highest BCUT2D eigenvalue weighted by Crippen LogP contribution is 2.48. The molecular formula is C36H36F2N6O2. The Labute approximate surface area is 266 Å². The fraction of sp³-hybridized carbons (Fsp3) is 0.444. The number of aromatic nitrogens is 2. The Balaban J connectivity index is 1.12. The van der Waals surface area contributed by atoms with Crippen LogP contribution in [0.5, 0.6) is 11.8 Å².